The molecule has 8 heteroatoms. The molecule has 0 spiro atoms. The van der Waals surface area contributed by atoms with Gasteiger partial charge in [-0.25, -0.2) is 19.9 Å². The highest BCUT2D eigenvalue weighted by Crippen LogP contribution is 2.28. The Morgan fingerprint density at radius 2 is 1.61 bits per heavy atom. The van der Waals surface area contributed by atoms with Crippen molar-refractivity contribution in [2.75, 3.05) is 36.4 Å². The summed E-state index contributed by atoms with van der Waals surface area (Å²) >= 11 is 6.14. The molecule has 1 aliphatic heterocycles. The van der Waals surface area contributed by atoms with Gasteiger partial charge in [-0.15, -0.1) is 0 Å². The highest BCUT2D eigenvalue weighted by molar-refractivity contribution is 6.30. The molecule has 0 bridgehead atoms. The Kier molecular flexibility index (Phi) is 5.60. The number of anilines is 3. The molecule has 0 unspecified atom stereocenters. The van der Waals surface area contributed by atoms with Crippen molar-refractivity contribution in [1.29, 1.82) is 0 Å². The van der Waals surface area contributed by atoms with Gasteiger partial charge in [-0.2, -0.15) is 0 Å². The number of fused-ring (bicyclic) bond motifs is 1. The van der Waals surface area contributed by atoms with Gasteiger partial charge in [0, 0.05) is 37.7 Å². The summed E-state index contributed by atoms with van der Waals surface area (Å²) in [5, 5.41) is 4.13. The quantitative estimate of drug-likeness (QED) is 0.509. The summed E-state index contributed by atoms with van der Waals surface area (Å²) in [5.74, 6) is 1.57. The van der Waals surface area contributed by atoms with E-state index in [4.69, 9.17) is 21.6 Å². The Labute approximate surface area is 185 Å². The zero-order valence-electron chi connectivity index (χ0n) is 16.9. The number of aromatic nitrogens is 4. The fraction of sp³-hybridized carbons (Fsp3) is 0.217. The van der Waals surface area contributed by atoms with E-state index in [0.717, 1.165) is 66.1 Å². The summed E-state index contributed by atoms with van der Waals surface area (Å²) in [4.78, 5) is 22.7. The number of rotatable bonds is 5. The summed E-state index contributed by atoms with van der Waals surface area (Å²) in [6.45, 7) is 4.51. The van der Waals surface area contributed by atoms with Crippen LogP contribution in [0, 0.1) is 0 Å². The number of nitrogens with one attached hydrogen (secondary N) is 1. The topological polar surface area (TPSA) is 70.1 Å². The van der Waals surface area contributed by atoms with Crippen LogP contribution in [0.5, 0.6) is 0 Å². The highest BCUT2D eigenvalue weighted by atomic mass is 35.5. The third-order valence-corrected chi connectivity index (χ3v) is 5.58. The number of hydrogen-bond acceptors (Lipinski definition) is 7. The average molecular weight is 432 g/mol. The zero-order valence-corrected chi connectivity index (χ0v) is 17.7. The summed E-state index contributed by atoms with van der Waals surface area (Å²) in [7, 11) is 0. The molecular formula is C23H22ClN7. The molecule has 2 aromatic carbocycles. The van der Waals surface area contributed by atoms with E-state index in [1.54, 1.807) is 12.4 Å². The van der Waals surface area contributed by atoms with Crippen LogP contribution in [0.3, 0.4) is 0 Å². The Morgan fingerprint density at radius 3 is 2.35 bits per heavy atom. The average Bonchev–Trinajstić information content (AvgIpc) is 2.80. The lowest BCUT2D eigenvalue weighted by Gasteiger charge is -2.36. The van der Waals surface area contributed by atoms with E-state index < -0.39 is 0 Å². The predicted molar refractivity (Wildman–Crippen MR) is 124 cm³/mol. The van der Waals surface area contributed by atoms with Crippen molar-refractivity contribution >= 4 is 40.0 Å². The van der Waals surface area contributed by atoms with Crippen LogP contribution in [0.15, 0.2) is 67.3 Å². The maximum absolute atomic E-state index is 6.14. The Bertz CT molecular complexity index is 1180. The van der Waals surface area contributed by atoms with E-state index in [9.17, 15) is 0 Å². The normalized spacial score (nSPS) is 14.7. The molecule has 0 saturated carbocycles. The Balaban J connectivity index is 1.37. The van der Waals surface area contributed by atoms with Crippen molar-refractivity contribution in [3.8, 4) is 0 Å². The van der Waals surface area contributed by atoms with Gasteiger partial charge >= 0.3 is 0 Å². The second-order valence-corrected chi connectivity index (χ2v) is 7.97. The Morgan fingerprint density at radius 1 is 0.871 bits per heavy atom. The van der Waals surface area contributed by atoms with Crippen LogP contribution >= 0.6 is 11.6 Å². The van der Waals surface area contributed by atoms with E-state index in [0.29, 0.717) is 0 Å². The van der Waals surface area contributed by atoms with Gasteiger partial charge in [-0.1, -0.05) is 35.9 Å². The fourth-order valence-electron chi connectivity index (χ4n) is 3.81. The van der Waals surface area contributed by atoms with Gasteiger partial charge in [-0.3, -0.25) is 4.90 Å². The largest absolute Gasteiger partial charge is 0.351 e. The van der Waals surface area contributed by atoms with E-state index in [-0.39, 0.29) is 0 Å². The van der Waals surface area contributed by atoms with Gasteiger partial charge in [0.2, 0.25) is 0 Å². The van der Waals surface area contributed by atoms with E-state index in [1.807, 2.05) is 42.5 Å². The number of halogens is 1. The first-order valence-electron chi connectivity index (χ1n) is 10.3. The van der Waals surface area contributed by atoms with Crippen molar-refractivity contribution < 1.29 is 0 Å². The lowest BCUT2D eigenvalue weighted by Crippen LogP contribution is -2.46. The molecule has 7 nitrogen and oxygen atoms in total. The van der Waals surface area contributed by atoms with Gasteiger partial charge in [0.1, 0.15) is 6.33 Å². The van der Waals surface area contributed by atoms with Crippen molar-refractivity contribution in [3.63, 3.8) is 0 Å². The van der Waals surface area contributed by atoms with Crippen molar-refractivity contribution in [2.24, 2.45) is 0 Å². The molecule has 31 heavy (non-hydrogen) atoms. The summed E-state index contributed by atoms with van der Waals surface area (Å²) in [6.07, 6.45) is 4.98. The first kappa shape index (κ1) is 19.7. The second kappa shape index (κ2) is 8.83. The molecule has 1 fully saturated rings. The summed E-state index contributed by atoms with van der Waals surface area (Å²) in [5.41, 5.74) is 3.75. The Hall–Kier alpha value is -3.29. The smallest absolute Gasteiger partial charge is 0.174 e. The monoisotopic (exact) mass is 431 g/mol. The lowest BCUT2D eigenvalue weighted by atomic mass is 10.2. The van der Waals surface area contributed by atoms with Crippen molar-refractivity contribution in [3.05, 3.63) is 77.8 Å². The van der Waals surface area contributed by atoms with E-state index in [1.165, 1.54) is 11.9 Å². The minimum atomic E-state index is 0.719. The van der Waals surface area contributed by atoms with E-state index >= 15 is 0 Å². The number of piperazine rings is 1. The molecule has 3 heterocycles. The standard InChI is InChI=1S/C23H22ClN7/c24-18-5-3-4-17(12-18)15-30-8-10-31(11-9-30)23-22(27-19-13-25-16-26-14-19)28-20-6-1-2-7-21(20)29-23/h1-7,12-14,16H,8-11,15H2,(H,27,28). The van der Waals surface area contributed by atoms with E-state index in [2.05, 4.69) is 31.2 Å². The third kappa shape index (κ3) is 4.57. The summed E-state index contributed by atoms with van der Waals surface area (Å²) in [6, 6.07) is 16.0. The van der Waals surface area contributed by atoms with Crippen molar-refractivity contribution in [2.45, 2.75) is 6.54 Å². The first-order valence-corrected chi connectivity index (χ1v) is 10.6. The van der Waals surface area contributed by atoms with Crippen LogP contribution in [0.25, 0.3) is 11.0 Å². The molecule has 1 aliphatic rings. The molecule has 4 aromatic rings. The maximum atomic E-state index is 6.14. The highest BCUT2D eigenvalue weighted by Gasteiger charge is 2.22. The van der Waals surface area contributed by atoms with Crippen LogP contribution in [0.4, 0.5) is 17.3 Å². The van der Waals surface area contributed by atoms with Gasteiger partial charge < -0.3 is 10.2 Å². The molecule has 2 aromatic heterocycles. The van der Waals surface area contributed by atoms with Gasteiger partial charge in [-0.05, 0) is 29.8 Å². The molecule has 0 atom stereocenters. The minimum Gasteiger partial charge on any atom is -0.351 e. The van der Waals surface area contributed by atoms with Crippen LogP contribution < -0.4 is 10.2 Å². The molecule has 0 aliphatic carbocycles. The van der Waals surface area contributed by atoms with Crippen LogP contribution in [0.1, 0.15) is 5.56 Å². The lowest BCUT2D eigenvalue weighted by molar-refractivity contribution is 0.249. The first-order chi connectivity index (χ1) is 15.2. The van der Waals surface area contributed by atoms with Crippen LogP contribution in [0.2, 0.25) is 5.02 Å². The minimum absolute atomic E-state index is 0.719. The number of benzene rings is 2. The molecule has 156 valence electrons. The molecular weight excluding hydrogens is 410 g/mol. The molecule has 0 radical (unpaired) electrons. The van der Waals surface area contributed by atoms with Gasteiger partial charge in [0.25, 0.3) is 0 Å². The number of hydrogen-bond donors (Lipinski definition) is 1. The van der Waals surface area contributed by atoms with Gasteiger partial charge in [0.15, 0.2) is 11.6 Å². The van der Waals surface area contributed by atoms with Crippen molar-refractivity contribution in [1.82, 2.24) is 24.8 Å². The second-order valence-electron chi connectivity index (χ2n) is 7.53. The molecule has 1 N–H and O–H groups in total. The zero-order chi connectivity index (χ0) is 21.0. The molecule has 0 amide bonds. The van der Waals surface area contributed by atoms with Crippen LogP contribution in [-0.4, -0.2) is 51.0 Å². The molecule has 5 rings (SSSR count). The summed E-state index contributed by atoms with van der Waals surface area (Å²) < 4.78 is 0. The predicted octanol–water partition coefficient (Wildman–Crippen LogP) is 4.14. The fourth-order valence-corrected chi connectivity index (χ4v) is 4.02. The number of nitrogens with zero attached hydrogens (tertiary/aromatic N) is 6. The number of para-hydroxylation sites is 2. The SMILES string of the molecule is Clc1cccc(CN2CCN(c3nc4ccccc4nc3Nc3cncnc3)CC2)c1. The third-order valence-electron chi connectivity index (χ3n) is 5.34. The molecule has 1 saturated heterocycles. The van der Waals surface area contributed by atoms with Crippen LogP contribution in [-0.2, 0) is 6.54 Å². The van der Waals surface area contributed by atoms with Gasteiger partial charge in [0.05, 0.1) is 29.1 Å². The maximum Gasteiger partial charge on any atom is 0.174 e.